The molecule has 22 heavy (non-hydrogen) atoms. The van der Waals surface area contributed by atoms with Gasteiger partial charge in [-0.2, -0.15) is 14.8 Å². The Bertz CT molecular complexity index is 777. The topological polar surface area (TPSA) is 103 Å². The van der Waals surface area contributed by atoms with E-state index in [1.807, 2.05) is 0 Å². The lowest BCUT2D eigenvalue weighted by molar-refractivity contribution is 0.374. The van der Waals surface area contributed by atoms with Gasteiger partial charge in [0.1, 0.15) is 0 Å². The van der Waals surface area contributed by atoms with Crippen LogP contribution in [0, 0.1) is 0 Å². The molecule has 0 amide bonds. The highest BCUT2D eigenvalue weighted by atomic mass is 32.2. The van der Waals surface area contributed by atoms with Gasteiger partial charge in [0.25, 0.3) is 10.0 Å². The maximum Gasteiger partial charge on any atom is 0.258 e. The van der Waals surface area contributed by atoms with Crippen LogP contribution in [0.1, 0.15) is 43.8 Å². The van der Waals surface area contributed by atoms with Crippen molar-refractivity contribution in [3.63, 3.8) is 0 Å². The van der Waals surface area contributed by atoms with E-state index in [1.165, 1.54) is 11.1 Å². The highest BCUT2D eigenvalue weighted by Gasteiger charge is 2.35. The van der Waals surface area contributed by atoms with E-state index >= 15 is 0 Å². The third kappa shape index (κ3) is 2.54. The Kier molecular flexibility index (Phi) is 3.56. The minimum absolute atomic E-state index is 0.235. The minimum Gasteiger partial charge on any atom is -0.343 e. The van der Waals surface area contributed by atoms with Gasteiger partial charge in [-0.1, -0.05) is 5.16 Å². The molecule has 0 aromatic carbocycles. The number of hydrogen-bond donors (Lipinski definition) is 1. The van der Waals surface area contributed by atoms with E-state index in [4.69, 9.17) is 4.52 Å². The number of nitrogens with zero attached hydrogens (tertiary/aromatic N) is 4. The van der Waals surface area contributed by atoms with Crippen molar-refractivity contribution in [2.24, 2.45) is 7.05 Å². The zero-order valence-corrected chi connectivity index (χ0v) is 13.6. The Morgan fingerprint density at radius 3 is 2.73 bits per heavy atom. The van der Waals surface area contributed by atoms with Crippen LogP contribution in [0.25, 0.3) is 0 Å². The molecule has 1 aliphatic carbocycles. The standard InChI is InChI=1S/C13H19N5O3S/c1-13(2,12-14-8-21-16-12)17-22(19,20)11-9-6-4-5-7-10(9)15-18(11)3/h8,17H,4-7H2,1-3H3. The predicted octanol–water partition coefficient (Wildman–Crippen LogP) is 0.895. The maximum absolute atomic E-state index is 12.8. The quantitative estimate of drug-likeness (QED) is 0.895. The molecule has 1 N–H and O–H groups in total. The first-order valence-electron chi connectivity index (χ1n) is 7.17. The molecule has 9 heteroatoms. The zero-order valence-electron chi connectivity index (χ0n) is 12.8. The van der Waals surface area contributed by atoms with Crippen LogP contribution >= 0.6 is 0 Å². The molecule has 8 nitrogen and oxygen atoms in total. The largest absolute Gasteiger partial charge is 0.343 e. The molecule has 0 bridgehead atoms. The molecule has 1 aliphatic rings. The molecule has 0 saturated carbocycles. The first kappa shape index (κ1) is 15.2. The number of sulfonamides is 1. The summed E-state index contributed by atoms with van der Waals surface area (Å²) in [6.45, 7) is 3.39. The average Bonchev–Trinajstić information content (AvgIpc) is 3.03. The highest BCUT2D eigenvalue weighted by Crippen LogP contribution is 2.28. The molecule has 0 spiro atoms. The van der Waals surface area contributed by atoms with Crippen LogP contribution < -0.4 is 4.72 Å². The Labute approximate surface area is 129 Å². The Hall–Kier alpha value is -1.74. The van der Waals surface area contributed by atoms with Crippen LogP contribution in [-0.2, 0) is 35.5 Å². The molecule has 3 rings (SSSR count). The van der Waals surface area contributed by atoms with E-state index in [-0.39, 0.29) is 10.9 Å². The third-order valence-corrected chi connectivity index (χ3v) is 5.62. The number of nitrogens with one attached hydrogen (secondary N) is 1. The fourth-order valence-corrected chi connectivity index (χ4v) is 4.66. The number of aromatic nitrogens is 4. The maximum atomic E-state index is 12.8. The molecular weight excluding hydrogens is 306 g/mol. The molecule has 120 valence electrons. The molecule has 2 aromatic heterocycles. The van der Waals surface area contributed by atoms with E-state index < -0.39 is 15.6 Å². The Balaban J connectivity index is 1.99. The first-order valence-corrected chi connectivity index (χ1v) is 8.65. The van der Waals surface area contributed by atoms with Gasteiger partial charge in [0.05, 0.1) is 11.2 Å². The summed E-state index contributed by atoms with van der Waals surface area (Å²) < 4.78 is 34.5. The van der Waals surface area contributed by atoms with E-state index in [9.17, 15) is 8.42 Å². The van der Waals surface area contributed by atoms with Gasteiger partial charge in [-0.25, -0.2) is 8.42 Å². The van der Waals surface area contributed by atoms with Crippen LogP contribution in [0.4, 0.5) is 0 Å². The average molecular weight is 325 g/mol. The van der Waals surface area contributed by atoms with Crippen LogP contribution in [0.3, 0.4) is 0 Å². The predicted molar refractivity (Wildman–Crippen MR) is 77.5 cm³/mol. The summed E-state index contributed by atoms with van der Waals surface area (Å²) in [6, 6.07) is 0. The SMILES string of the molecule is Cn1nc2c(c1S(=O)(=O)NC(C)(C)c1ncon1)CCCC2. The van der Waals surface area contributed by atoms with Crippen LogP contribution in [0.15, 0.2) is 15.9 Å². The first-order chi connectivity index (χ1) is 10.3. The molecule has 2 aromatic rings. The van der Waals surface area contributed by atoms with Crippen LogP contribution in [0.2, 0.25) is 0 Å². The van der Waals surface area contributed by atoms with Gasteiger partial charge < -0.3 is 4.52 Å². The van der Waals surface area contributed by atoms with Crippen molar-refractivity contribution in [3.8, 4) is 0 Å². The van der Waals surface area contributed by atoms with Crippen molar-refractivity contribution >= 4 is 10.0 Å². The fraction of sp³-hybridized carbons (Fsp3) is 0.615. The second-order valence-corrected chi connectivity index (χ2v) is 7.64. The van der Waals surface area contributed by atoms with Gasteiger partial charge in [0.15, 0.2) is 10.9 Å². The van der Waals surface area contributed by atoms with Crippen molar-refractivity contribution in [2.75, 3.05) is 0 Å². The molecule has 0 atom stereocenters. The molecular formula is C13H19N5O3S. The number of aryl methyl sites for hydroxylation is 2. The van der Waals surface area contributed by atoms with Crippen LogP contribution in [0.5, 0.6) is 0 Å². The molecule has 0 aliphatic heterocycles. The van der Waals surface area contributed by atoms with Gasteiger partial charge in [0.2, 0.25) is 6.39 Å². The zero-order chi connectivity index (χ0) is 16.0. The second-order valence-electron chi connectivity index (χ2n) is 6.05. The monoisotopic (exact) mass is 325 g/mol. The van der Waals surface area contributed by atoms with Crippen molar-refractivity contribution in [1.82, 2.24) is 24.6 Å². The summed E-state index contributed by atoms with van der Waals surface area (Å²) in [7, 11) is -2.08. The fourth-order valence-electron chi connectivity index (χ4n) is 2.86. The van der Waals surface area contributed by atoms with Crippen molar-refractivity contribution in [3.05, 3.63) is 23.5 Å². The molecule has 2 heterocycles. The van der Waals surface area contributed by atoms with E-state index in [1.54, 1.807) is 20.9 Å². The summed E-state index contributed by atoms with van der Waals surface area (Å²) in [5.74, 6) is 0.284. The lowest BCUT2D eigenvalue weighted by Crippen LogP contribution is -2.42. The van der Waals surface area contributed by atoms with Crippen molar-refractivity contribution in [2.45, 2.75) is 50.1 Å². The van der Waals surface area contributed by atoms with E-state index in [0.29, 0.717) is 0 Å². The van der Waals surface area contributed by atoms with Crippen molar-refractivity contribution in [1.29, 1.82) is 0 Å². The van der Waals surface area contributed by atoms with Gasteiger partial charge in [0, 0.05) is 12.6 Å². The smallest absolute Gasteiger partial charge is 0.258 e. The minimum atomic E-state index is -3.74. The Morgan fingerprint density at radius 1 is 1.32 bits per heavy atom. The summed E-state index contributed by atoms with van der Waals surface area (Å²) in [6.07, 6.45) is 4.77. The van der Waals surface area contributed by atoms with Crippen molar-refractivity contribution < 1.29 is 12.9 Å². The van der Waals surface area contributed by atoms with Gasteiger partial charge >= 0.3 is 0 Å². The second kappa shape index (κ2) is 5.17. The molecule has 0 unspecified atom stereocenters. The van der Waals surface area contributed by atoms with Gasteiger partial charge in [-0.15, -0.1) is 0 Å². The molecule has 0 fully saturated rings. The highest BCUT2D eigenvalue weighted by molar-refractivity contribution is 7.89. The molecule has 0 radical (unpaired) electrons. The number of hydrogen-bond acceptors (Lipinski definition) is 6. The lowest BCUT2D eigenvalue weighted by atomic mass is 9.99. The third-order valence-electron chi connectivity index (χ3n) is 3.83. The summed E-state index contributed by atoms with van der Waals surface area (Å²) in [4.78, 5) is 3.94. The van der Waals surface area contributed by atoms with E-state index in [0.717, 1.165) is 36.9 Å². The number of rotatable bonds is 4. The van der Waals surface area contributed by atoms with Crippen LogP contribution in [-0.4, -0.2) is 28.3 Å². The van der Waals surface area contributed by atoms with Gasteiger partial charge in [-0.05, 0) is 39.5 Å². The summed E-state index contributed by atoms with van der Waals surface area (Å²) in [5, 5.41) is 8.32. The number of fused-ring (bicyclic) bond motifs is 1. The molecule has 0 saturated heterocycles. The summed E-state index contributed by atoms with van der Waals surface area (Å²) >= 11 is 0. The lowest BCUT2D eigenvalue weighted by Gasteiger charge is -2.22. The normalized spacial score (nSPS) is 15.8. The van der Waals surface area contributed by atoms with Gasteiger partial charge in [-0.3, -0.25) is 4.68 Å². The summed E-state index contributed by atoms with van der Waals surface area (Å²) in [5.41, 5.74) is 0.731. The Morgan fingerprint density at radius 2 is 2.05 bits per heavy atom. The van der Waals surface area contributed by atoms with E-state index in [2.05, 4.69) is 20.0 Å².